The zero-order valence-electron chi connectivity index (χ0n) is 18.6. The Morgan fingerprint density at radius 1 is 0.906 bits per heavy atom. The van der Waals surface area contributed by atoms with Crippen LogP contribution in [0.3, 0.4) is 0 Å². The summed E-state index contributed by atoms with van der Waals surface area (Å²) in [7, 11) is 1.82. The maximum Gasteiger partial charge on any atom is 0.262 e. The van der Waals surface area contributed by atoms with Crippen molar-refractivity contribution in [3.8, 4) is 11.1 Å². The van der Waals surface area contributed by atoms with Crippen molar-refractivity contribution in [3.05, 3.63) is 100 Å². The minimum absolute atomic E-state index is 0.0573. The third-order valence-electron chi connectivity index (χ3n) is 6.10. The molecule has 0 unspecified atom stereocenters. The lowest BCUT2D eigenvalue weighted by Crippen LogP contribution is -2.17. The second kappa shape index (κ2) is 8.04. The molecule has 5 aromatic rings. The highest BCUT2D eigenvalue weighted by molar-refractivity contribution is 6.10. The van der Waals surface area contributed by atoms with Crippen LogP contribution < -0.4 is 10.9 Å². The Morgan fingerprint density at radius 3 is 2.31 bits per heavy atom. The van der Waals surface area contributed by atoms with Crippen LogP contribution in [0.5, 0.6) is 0 Å². The number of anilines is 1. The summed E-state index contributed by atoms with van der Waals surface area (Å²) >= 11 is 0. The summed E-state index contributed by atoms with van der Waals surface area (Å²) in [6, 6.07) is 26.5. The van der Waals surface area contributed by atoms with E-state index in [1.807, 2.05) is 49.5 Å². The van der Waals surface area contributed by atoms with E-state index in [1.165, 1.54) is 5.56 Å². The molecule has 2 aromatic heterocycles. The number of hydrogen-bond acceptors (Lipinski definition) is 3. The van der Waals surface area contributed by atoms with Gasteiger partial charge < -0.3 is 14.3 Å². The number of nitrogens with one attached hydrogen (secondary N) is 1. The Bertz CT molecular complexity index is 1460. The lowest BCUT2D eigenvalue weighted by atomic mass is 9.98. The summed E-state index contributed by atoms with van der Waals surface area (Å²) in [5.74, 6) is 1.06. The first-order valence-corrected chi connectivity index (χ1v) is 11.0. The average molecular weight is 423 g/mol. The molecule has 0 fully saturated rings. The second-order valence-corrected chi connectivity index (χ2v) is 8.51. The van der Waals surface area contributed by atoms with Crippen LogP contribution in [0.2, 0.25) is 0 Å². The normalized spacial score (nSPS) is 11.5. The summed E-state index contributed by atoms with van der Waals surface area (Å²) in [4.78, 5) is 13.5. The van der Waals surface area contributed by atoms with Crippen molar-refractivity contribution < 1.29 is 4.42 Å². The van der Waals surface area contributed by atoms with Gasteiger partial charge in [-0.3, -0.25) is 4.79 Å². The van der Waals surface area contributed by atoms with Crippen LogP contribution in [0.15, 0.2) is 88.1 Å². The van der Waals surface area contributed by atoms with Gasteiger partial charge in [0.05, 0.1) is 16.5 Å². The summed E-state index contributed by atoms with van der Waals surface area (Å²) in [5, 5.41) is 4.99. The monoisotopic (exact) mass is 422 g/mol. The molecule has 32 heavy (non-hydrogen) atoms. The van der Waals surface area contributed by atoms with Crippen LogP contribution in [-0.2, 0) is 13.6 Å². The molecule has 2 heterocycles. The maximum atomic E-state index is 13.5. The number of benzene rings is 3. The molecule has 0 aliphatic rings. The van der Waals surface area contributed by atoms with E-state index in [4.69, 9.17) is 4.42 Å². The van der Waals surface area contributed by atoms with Crippen LogP contribution in [0.25, 0.3) is 33.0 Å². The first-order valence-electron chi connectivity index (χ1n) is 11.0. The molecule has 0 aliphatic heterocycles. The molecule has 0 bridgehead atoms. The van der Waals surface area contributed by atoms with Gasteiger partial charge in [0.25, 0.3) is 5.56 Å². The van der Waals surface area contributed by atoms with Crippen molar-refractivity contribution in [2.24, 2.45) is 7.05 Å². The van der Waals surface area contributed by atoms with Gasteiger partial charge in [-0.1, -0.05) is 80.6 Å². The molecule has 0 amide bonds. The first kappa shape index (κ1) is 20.1. The summed E-state index contributed by atoms with van der Waals surface area (Å²) in [6.45, 7) is 4.96. The number of furan rings is 1. The summed E-state index contributed by atoms with van der Waals surface area (Å²) in [6.07, 6.45) is 0. The minimum Gasteiger partial charge on any atom is -0.439 e. The van der Waals surface area contributed by atoms with Crippen molar-refractivity contribution in [2.75, 3.05) is 5.32 Å². The number of aryl methyl sites for hydroxylation is 1. The van der Waals surface area contributed by atoms with Gasteiger partial charge in [-0.2, -0.15) is 0 Å². The standard InChI is InChI=1S/C28H26N2O2/c1-18(2)20-13-15-21(16-14-20)24-25-26(22-11-7-8-12-23(22)30(3)28(25)31)32-27(24)29-17-19-9-5-4-6-10-19/h4-16,18,29H,17H2,1-3H3. The van der Waals surface area contributed by atoms with Gasteiger partial charge in [0.1, 0.15) is 0 Å². The Balaban J connectivity index is 1.75. The zero-order chi connectivity index (χ0) is 22.2. The molecule has 160 valence electrons. The fraction of sp³-hybridized carbons (Fsp3) is 0.179. The van der Waals surface area contributed by atoms with E-state index in [-0.39, 0.29) is 5.56 Å². The Labute approximate surface area is 187 Å². The highest BCUT2D eigenvalue weighted by Crippen LogP contribution is 2.40. The lowest BCUT2D eigenvalue weighted by Gasteiger charge is -2.09. The predicted molar refractivity (Wildman–Crippen MR) is 132 cm³/mol. The van der Waals surface area contributed by atoms with Crippen molar-refractivity contribution >= 4 is 27.8 Å². The zero-order valence-corrected chi connectivity index (χ0v) is 18.6. The first-order chi connectivity index (χ1) is 15.5. The molecule has 0 radical (unpaired) electrons. The molecule has 0 atom stereocenters. The van der Waals surface area contributed by atoms with E-state index in [0.29, 0.717) is 29.3 Å². The Hall–Kier alpha value is -3.79. The number of para-hydroxylation sites is 1. The predicted octanol–water partition coefficient (Wildman–Crippen LogP) is 6.69. The van der Waals surface area contributed by atoms with Crippen LogP contribution >= 0.6 is 0 Å². The van der Waals surface area contributed by atoms with Gasteiger partial charge in [-0.15, -0.1) is 0 Å². The fourth-order valence-corrected chi connectivity index (χ4v) is 4.27. The third kappa shape index (κ3) is 3.38. The summed E-state index contributed by atoms with van der Waals surface area (Å²) in [5.41, 5.74) is 5.62. The molecule has 0 aliphatic carbocycles. The van der Waals surface area contributed by atoms with Crippen molar-refractivity contribution in [3.63, 3.8) is 0 Å². The number of aromatic nitrogens is 1. The van der Waals surface area contributed by atoms with E-state index in [2.05, 4.69) is 55.6 Å². The minimum atomic E-state index is -0.0573. The summed E-state index contributed by atoms with van der Waals surface area (Å²) < 4.78 is 8.09. The highest BCUT2D eigenvalue weighted by atomic mass is 16.4. The van der Waals surface area contributed by atoms with Gasteiger partial charge in [0.2, 0.25) is 5.88 Å². The van der Waals surface area contributed by atoms with Crippen molar-refractivity contribution in [1.82, 2.24) is 4.57 Å². The second-order valence-electron chi connectivity index (χ2n) is 8.51. The molecule has 0 spiro atoms. The van der Waals surface area contributed by atoms with Crippen LogP contribution in [-0.4, -0.2) is 4.57 Å². The number of hydrogen-bond donors (Lipinski definition) is 1. The maximum absolute atomic E-state index is 13.5. The largest absolute Gasteiger partial charge is 0.439 e. The van der Waals surface area contributed by atoms with E-state index in [1.54, 1.807) is 4.57 Å². The van der Waals surface area contributed by atoms with Crippen molar-refractivity contribution in [1.29, 1.82) is 0 Å². The molecule has 0 saturated carbocycles. The number of rotatable bonds is 5. The topological polar surface area (TPSA) is 47.2 Å². The molecule has 5 rings (SSSR count). The molecule has 4 heteroatoms. The van der Waals surface area contributed by atoms with E-state index >= 15 is 0 Å². The molecule has 4 nitrogen and oxygen atoms in total. The van der Waals surface area contributed by atoms with Crippen LogP contribution in [0.4, 0.5) is 5.88 Å². The quantitative estimate of drug-likeness (QED) is 0.343. The van der Waals surface area contributed by atoms with Gasteiger partial charge >= 0.3 is 0 Å². The highest BCUT2D eigenvalue weighted by Gasteiger charge is 2.22. The van der Waals surface area contributed by atoms with E-state index < -0.39 is 0 Å². The van der Waals surface area contributed by atoms with Gasteiger partial charge in [0, 0.05) is 19.0 Å². The van der Waals surface area contributed by atoms with Gasteiger partial charge in [0.15, 0.2) is 5.58 Å². The smallest absolute Gasteiger partial charge is 0.262 e. The number of pyridine rings is 1. The molecular weight excluding hydrogens is 396 g/mol. The molecule has 0 saturated heterocycles. The Kier molecular flexibility index (Phi) is 5.06. The molecule has 1 N–H and O–H groups in total. The number of nitrogens with zero attached hydrogens (tertiary/aromatic N) is 1. The van der Waals surface area contributed by atoms with E-state index in [0.717, 1.165) is 27.6 Å². The lowest BCUT2D eigenvalue weighted by molar-refractivity contribution is 0.629. The number of fused-ring (bicyclic) bond motifs is 3. The Morgan fingerprint density at radius 2 is 1.59 bits per heavy atom. The van der Waals surface area contributed by atoms with Crippen molar-refractivity contribution in [2.45, 2.75) is 26.3 Å². The van der Waals surface area contributed by atoms with Gasteiger partial charge in [-0.05, 0) is 34.7 Å². The SMILES string of the molecule is CC(C)c1ccc(-c2c(NCc3ccccc3)oc3c2c(=O)n(C)c2ccccc32)cc1. The van der Waals surface area contributed by atoms with Crippen LogP contribution in [0, 0.1) is 0 Å². The fourth-order valence-electron chi connectivity index (χ4n) is 4.27. The van der Waals surface area contributed by atoms with Gasteiger partial charge in [-0.25, -0.2) is 0 Å². The molecular formula is C28H26N2O2. The van der Waals surface area contributed by atoms with Crippen LogP contribution in [0.1, 0.15) is 30.9 Å². The average Bonchev–Trinajstić information content (AvgIpc) is 3.22. The van der Waals surface area contributed by atoms with E-state index in [9.17, 15) is 4.79 Å². The molecule has 3 aromatic carbocycles. The third-order valence-corrected chi connectivity index (χ3v) is 6.10.